The van der Waals surface area contributed by atoms with Crippen LogP contribution in [0.4, 0.5) is 18.9 Å². The molecule has 150 valence electrons. The summed E-state index contributed by atoms with van der Waals surface area (Å²) in [6.45, 7) is 0. The van der Waals surface area contributed by atoms with Crippen molar-refractivity contribution in [3.63, 3.8) is 0 Å². The highest BCUT2D eigenvalue weighted by molar-refractivity contribution is 6.04. The second-order valence-corrected chi connectivity index (χ2v) is 6.57. The van der Waals surface area contributed by atoms with Gasteiger partial charge in [0.1, 0.15) is 6.33 Å². The number of hydrogen-bond donors (Lipinski definition) is 1. The van der Waals surface area contributed by atoms with E-state index in [0.29, 0.717) is 11.3 Å². The van der Waals surface area contributed by atoms with Crippen molar-refractivity contribution in [2.75, 3.05) is 5.32 Å². The monoisotopic (exact) mass is 407 g/mol. The summed E-state index contributed by atoms with van der Waals surface area (Å²) in [7, 11) is 0. The molecular weight excluding hydrogens is 391 g/mol. The zero-order valence-corrected chi connectivity index (χ0v) is 15.6. The van der Waals surface area contributed by atoms with Gasteiger partial charge in [0.05, 0.1) is 16.6 Å². The number of alkyl halides is 3. The van der Waals surface area contributed by atoms with E-state index >= 15 is 0 Å². The summed E-state index contributed by atoms with van der Waals surface area (Å²) in [5, 5.41) is 2.80. The van der Waals surface area contributed by atoms with Crippen LogP contribution in [0.25, 0.3) is 16.7 Å². The molecule has 0 unspecified atom stereocenters. The molecule has 0 saturated carbocycles. The van der Waals surface area contributed by atoms with E-state index in [0.717, 1.165) is 28.9 Å². The SMILES string of the molecule is O=C(C=CNc1ccc(C(F)(F)F)cc1)c1ccc(-n2cnc3ccccc32)cc1. The van der Waals surface area contributed by atoms with E-state index in [4.69, 9.17) is 0 Å². The average Bonchev–Trinajstić information content (AvgIpc) is 3.18. The van der Waals surface area contributed by atoms with Crippen LogP contribution in [-0.2, 0) is 6.18 Å². The zero-order valence-electron chi connectivity index (χ0n) is 15.6. The maximum absolute atomic E-state index is 12.6. The molecule has 0 amide bonds. The first kappa shape index (κ1) is 19.4. The Morgan fingerprint density at radius 1 is 0.933 bits per heavy atom. The number of para-hydroxylation sites is 2. The molecule has 7 heteroatoms. The van der Waals surface area contributed by atoms with Gasteiger partial charge in [0, 0.05) is 29.2 Å². The van der Waals surface area contributed by atoms with Crippen molar-refractivity contribution in [3.05, 3.63) is 103 Å². The number of carbonyl (C=O) groups is 1. The number of fused-ring (bicyclic) bond motifs is 1. The lowest BCUT2D eigenvalue weighted by Gasteiger charge is -2.07. The van der Waals surface area contributed by atoms with Crippen LogP contribution in [0.15, 0.2) is 91.4 Å². The number of rotatable bonds is 5. The van der Waals surface area contributed by atoms with Crippen LogP contribution in [-0.4, -0.2) is 15.3 Å². The van der Waals surface area contributed by atoms with E-state index in [1.165, 1.54) is 24.4 Å². The summed E-state index contributed by atoms with van der Waals surface area (Å²) in [5.74, 6) is -0.226. The van der Waals surface area contributed by atoms with Crippen molar-refractivity contribution >= 4 is 22.5 Å². The third-order valence-electron chi connectivity index (χ3n) is 4.58. The highest BCUT2D eigenvalue weighted by Crippen LogP contribution is 2.29. The summed E-state index contributed by atoms with van der Waals surface area (Å²) in [6, 6.07) is 19.4. The maximum atomic E-state index is 12.6. The smallest absolute Gasteiger partial charge is 0.362 e. The van der Waals surface area contributed by atoms with Crippen LogP contribution in [0.1, 0.15) is 15.9 Å². The number of nitrogens with zero attached hydrogens (tertiary/aromatic N) is 2. The molecule has 0 bridgehead atoms. The molecule has 0 aliphatic carbocycles. The van der Waals surface area contributed by atoms with E-state index in [-0.39, 0.29) is 5.78 Å². The Morgan fingerprint density at radius 2 is 1.63 bits per heavy atom. The van der Waals surface area contributed by atoms with Crippen molar-refractivity contribution in [2.24, 2.45) is 0 Å². The summed E-state index contributed by atoms with van der Waals surface area (Å²) in [6.07, 6.45) is 0.0936. The van der Waals surface area contributed by atoms with Gasteiger partial charge < -0.3 is 5.32 Å². The molecule has 1 aromatic heterocycles. The topological polar surface area (TPSA) is 46.9 Å². The fraction of sp³-hybridized carbons (Fsp3) is 0.0435. The van der Waals surface area contributed by atoms with Gasteiger partial charge in [-0.15, -0.1) is 0 Å². The molecule has 0 fully saturated rings. The van der Waals surface area contributed by atoms with Crippen LogP contribution in [0.3, 0.4) is 0 Å². The summed E-state index contributed by atoms with van der Waals surface area (Å²) < 4.78 is 39.7. The first-order valence-electron chi connectivity index (χ1n) is 9.09. The van der Waals surface area contributed by atoms with Gasteiger partial charge in [0.2, 0.25) is 0 Å². The molecule has 4 aromatic rings. The van der Waals surface area contributed by atoms with Crippen LogP contribution in [0, 0.1) is 0 Å². The fourth-order valence-electron chi connectivity index (χ4n) is 3.02. The first-order chi connectivity index (χ1) is 14.4. The third kappa shape index (κ3) is 4.10. The minimum Gasteiger partial charge on any atom is -0.362 e. The van der Waals surface area contributed by atoms with E-state index in [2.05, 4.69) is 10.3 Å². The van der Waals surface area contributed by atoms with Crippen LogP contribution in [0.5, 0.6) is 0 Å². The molecule has 0 aliphatic heterocycles. The number of imidazole rings is 1. The fourth-order valence-corrected chi connectivity index (χ4v) is 3.02. The lowest BCUT2D eigenvalue weighted by molar-refractivity contribution is -0.137. The lowest BCUT2D eigenvalue weighted by atomic mass is 10.1. The van der Waals surface area contributed by atoms with Crippen molar-refractivity contribution in [3.8, 4) is 5.69 Å². The second kappa shape index (κ2) is 7.87. The molecule has 3 aromatic carbocycles. The summed E-state index contributed by atoms with van der Waals surface area (Å²) in [5.41, 5.74) is 2.96. The van der Waals surface area contributed by atoms with Gasteiger partial charge in [0.15, 0.2) is 5.78 Å². The lowest BCUT2D eigenvalue weighted by Crippen LogP contribution is -2.04. The van der Waals surface area contributed by atoms with E-state index in [1.807, 2.05) is 41.0 Å². The Morgan fingerprint density at radius 3 is 2.33 bits per heavy atom. The highest BCUT2D eigenvalue weighted by Gasteiger charge is 2.29. The molecule has 1 N–H and O–H groups in total. The number of hydrogen-bond acceptors (Lipinski definition) is 3. The van der Waals surface area contributed by atoms with Crippen molar-refractivity contribution in [2.45, 2.75) is 6.18 Å². The molecule has 0 aliphatic rings. The van der Waals surface area contributed by atoms with E-state index in [1.54, 1.807) is 18.5 Å². The standard InChI is InChI=1S/C23H16F3N3O/c24-23(25,26)17-7-9-18(10-8-17)27-14-13-22(30)16-5-11-19(12-6-16)29-15-28-20-3-1-2-4-21(20)29/h1-15,27H. The normalized spacial score (nSPS) is 11.8. The molecular formula is C23H16F3N3O. The Hall–Kier alpha value is -3.87. The predicted molar refractivity (Wildman–Crippen MR) is 110 cm³/mol. The van der Waals surface area contributed by atoms with Gasteiger partial charge in [-0.3, -0.25) is 9.36 Å². The van der Waals surface area contributed by atoms with Gasteiger partial charge in [-0.25, -0.2) is 4.98 Å². The van der Waals surface area contributed by atoms with Gasteiger partial charge in [0.25, 0.3) is 0 Å². The summed E-state index contributed by atoms with van der Waals surface area (Å²) in [4.78, 5) is 16.7. The molecule has 4 rings (SSSR count). The van der Waals surface area contributed by atoms with Crippen LogP contribution in [0.2, 0.25) is 0 Å². The minimum atomic E-state index is -4.38. The molecule has 0 radical (unpaired) electrons. The van der Waals surface area contributed by atoms with E-state index in [9.17, 15) is 18.0 Å². The number of halogens is 3. The minimum absolute atomic E-state index is 0.226. The second-order valence-electron chi connectivity index (χ2n) is 6.57. The number of nitrogens with one attached hydrogen (secondary N) is 1. The molecule has 1 heterocycles. The zero-order chi connectivity index (χ0) is 21.1. The van der Waals surface area contributed by atoms with Crippen LogP contribution < -0.4 is 5.32 Å². The largest absolute Gasteiger partial charge is 0.416 e. The Labute approximate surface area is 170 Å². The Kier molecular flexibility index (Phi) is 5.10. The molecule has 0 spiro atoms. The van der Waals surface area contributed by atoms with Crippen molar-refractivity contribution in [1.29, 1.82) is 0 Å². The predicted octanol–water partition coefficient (Wildman–Crippen LogP) is 5.85. The first-order valence-corrected chi connectivity index (χ1v) is 9.09. The van der Waals surface area contributed by atoms with Gasteiger partial charge >= 0.3 is 6.18 Å². The van der Waals surface area contributed by atoms with Gasteiger partial charge in [-0.05, 0) is 60.7 Å². The van der Waals surface area contributed by atoms with Gasteiger partial charge in [-0.2, -0.15) is 13.2 Å². The Bertz CT molecular complexity index is 1210. The average molecular weight is 407 g/mol. The number of allylic oxidation sites excluding steroid dienone is 1. The molecule has 0 saturated heterocycles. The molecule has 4 nitrogen and oxygen atoms in total. The summed E-state index contributed by atoms with van der Waals surface area (Å²) >= 11 is 0. The number of anilines is 1. The van der Waals surface area contributed by atoms with E-state index < -0.39 is 11.7 Å². The van der Waals surface area contributed by atoms with Gasteiger partial charge in [-0.1, -0.05) is 12.1 Å². The number of benzene rings is 3. The number of ketones is 1. The third-order valence-corrected chi connectivity index (χ3v) is 4.58. The quantitative estimate of drug-likeness (QED) is 0.333. The highest BCUT2D eigenvalue weighted by atomic mass is 19.4. The van der Waals surface area contributed by atoms with Crippen molar-refractivity contribution in [1.82, 2.24) is 9.55 Å². The van der Waals surface area contributed by atoms with Crippen molar-refractivity contribution < 1.29 is 18.0 Å². The Balaban J connectivity index is 1.42. The number of carbonyl (C=O) groups excluding carboxylic acids is 1. The molecule has 0 atom stereocenters. The number of aromatic nitrogens is 2. The maximum Gasteiger partial charge on any atom is 0.416 e. The van der Waals surface area contributed by atoms with Crippen LogP contribution >= 0.6 is 0 Å². The molecule has 30 heavy (non-hydrogen) atoms.